The Balaban J connectivity index is 1.49. The number of imidazole rings is 1. The number of carbonyl (C=O) groups is 1. The average Bonchev–Trinajstić information content (AvgIpc) is 3.10. The zero-order chi connectivity index (χ0) is 22.9. The van der Waals surface area contributed by atoms with Crippen LogP contribution >= 0.6 is 11.6 Å². The summed E-state index contributed by atoms with van der Waals surface area (Å²) in [5, 5.41) is 3.44. The summed E-state index contributed by atoms with van der Waals surface area (Å²) in [6.45, 7) is 3.38. The van der Waals surface area contributed by atoms with E-state index in [2.05, 4.69) is 10.3 Å². The van der Waals surface area contributed by atoms with Crippen LogP contribution in [0.15, 0.2) is 41.3 Å². The average molecular weight is 477 g/mol. The van der Waals surface area contributed by atoms with Crippen molar-refractivity contribution >= 4 is 44.3 Å². The van der Waals surface area contributed by atoms with Crippen molar-refractivity contribution in [2.75, 3.05) is 31.6 Å². The van der Waals surface area contributed by atoms with E-state index in [1.807, 2.05) is 24.6 Å². The summed E-state index contributed by atoms with van der Waals surface area (Å²) in [5.41, 5.74) is 3.01. The fourth-order valence-electron chi connectivity index (χ4n) is 3.72. The highest BCUT2D eigenvalue weighted by Gasteiger charge is 2.27. The van der Waals surface area contributed by atoms with Crippen molar-refractivity contribution in [3.05, 3.63) is 52.8 Å². The molecule has 1 amide bonds. The number of fused-ring (bicyclic) bond motifs is 1. The number of hydrogen-bond donors (Lipinski definition) is 1. The van der Waals surface area contributed by atoms with E-state index in [-0.39, 0.29) is 17.2 Å². The summed E-state index contributed by atoms with van der Waals surface area (Å²) in [6.07, 6.45) is 0.657. The van der Waals surface area contributed by atoms with Crippen molar-refractivity contribution < 1.29 is 17.9 Å². The summed E-state index contributed by atoms with van der Waals surface area (Å²) in [4.78, 5) is 17.3. The molecule has 1 fully saturated rings. The Labute approximate surface area is 192 Å². The Kier molecular flexibility index (Phi) is 6.52. The first-order valence-electron chi connectivity index (χ1n) is 10.3. The molecule has 1 N–H and O–H groups in total. The van der Waals surface area contributed by atoms with Crippen molar-refractivity contribution in [2.45, 2.75) is 24.7 Å². The van der Waals surface area contributed by atoms with E-state index >= 15 is 0 Å². The van der Waals surface area contributed by atoms with Gasteiger partial charge in [0, 0.05) is 43.7 Å². The molecule has 0 unspecified atom stereocenters. The van der Waals surface area contributed by atoms with Gasteiger partial charge in [0.25, 0.3) is 0 Å². The Morgan fingerprint density at radius 1 is 1.19 bits per heavy atom. The van der Waals surface area contributed by atoms with E-state index < -0.39 is 10.0 Å². The number of carbonyl (C=O) groups excluding carboxylic acids is 1. The maximum Gasteiger partial charge on any atom is 0.243 e. The van der Waals surface area contributed by atoms with Gasteiger partial charge >= 0.3 is 0 Å². The lowest BCUT2D eigenvalue weighted by Gasteiger charge is -2.26. The molecule has 170 valence electrons. The molecule has 0 radical (unpaired) electrons. The van der Waals surface area contributed by atoms with Crippen molar-refractivity contribution in [1.82, 2.24) is 13.9 Å². The Morgan fingerprint density at radius 3 is 2.69 bits per heavy atom. The van der Waals surface area contributed by atoms with E-state index in [4.69, 9.17) is 16.3 Å². The number of nitrogens with zero attached hydrogens (tertiary/aromatic N) is 3. The lowest BCUT2D eigenvalue weighted by Crippen LogP contribution is -2.40. The standard InChI is InChI=1S/C22H25ClN4O4S/c1-15-3-4-16(23)13-18(15)25-22(28)8-7-21-24-19-14-17(5-6-20(19)26(21)2)32(29,30)27-9-11-31-12-10-27/h3-6,13-14H,7-12H2,1-2H3,(H,25,28). The molecule has 1 saturated heterocycles. The number of anilines is 1. The number of morpholine rings is 1. The number of aryl methyl sites for hydroxylation is 3. The van der Waals surface area contributed by atoms with Crippen LogP contribution in [0.2, 0.25) is 5.02 Å². The van der Waals surface area contributed by atoms with Gasteiger partial charge in [0.1, 0.15) is 5.82 Å². The zero-order valence-electron chi connectivity index (χ0n) is 18.0. The topological polar surface area (TPSA) is 93.5 Å². The monoisotopic (exact) mass is 476 g/mol. The molecule has 2 heterocycles. The number of aromatic nitrogens is 2. The predicted octanol–water partition coefficient (Wildman–Crippen LogP) is 3.13. The van der Waals surface area contributed by atoms with Crippen LogP contribution in [0.4, 0.5) is 5.69 Å². The maximum absolute atomic E-state index is 12.9. The molecular formula is C22H25ClN4O4S. The van der Waals surface area contributed by atoms with Crippen molar-refractivity contribution in [1.29, 1.82) is 0 Å². The van der Waals surface area contributed by atoms with Crippen LogP contribution in [-0.4, -0.2) is 54.5 Å². The Bertz CT molecular complexity index is 1270. The molecule has 0 aliphatic carbocycles. The summed E-state index contributed by atoms with van der Waals surface area (Å²) in [7, 11) is -1.73. The molecule has 8 nitrogen and oxygen atoms in total. The quantitative estimate of drug-likeness (QED) is 0.590. The largest absolute Gasteiger partial charge is 0.379 e. The fraction of sp³-hybridized carbons (Fsp3) is 0.364. The third kappa shape index (κ3) is 4.66. The van der Waals surface area contributed by atoms with Gasteiger partial charge < -0.3 is 14.6 Å². The summed E-state index contributed by atoms with van der Waals surface area (Å²) in [6, 6.07) is 10.3. The molecule has 2 aromatic carbocycles. The molecule has 3 aromatic rings. The Morgan fingerprint density at radius 2 is 1.94 bits per heavy atom. The molecule has 1 aliphatic rings. The van der Waals surface area contributed by atoms with Crippen LogP contribution in [0, 0.1) is 6.92 Å². The van der Waals surface area contributed by atoms with E-state index in [0.717, 1.165) is 11.1 Å². The minimum absolute atomic E-state index is 0.141. The van der Waals surface area contributed by atoms with Crippen LogP contribution < -0.4 is 5.32 Å². The van der Waals surface area contributed by atoms with E-state index in [1.54, 1.807) is 30.3 Å². The second kappa shape index (κ2) is 9.19. The van der Waals surface area contributed by atoms with Crippen molar-refractivity contribution in [2.24, 2.45) is 7.05 Å². The molecule has 0 atom stereocenters. The van der Waals surface area contributed by atoms with Gasteiger partial charge in [0.15, 0.2) is 0 Å². The number of rotatable bonds is 6. The Hall–Kier alpha value is -2.46. The number of halogens is 1. The molecule has 0 spiro atoms. The van der Waals surface area contributed by atoms with Gasteiger partial charge in [-0.05, 0) is 42.8 Å². The van der Waals surface area contributed by atoms with Gasteiger partial charge in [-0.1, -0.05) is 17.7 Å². The third-order valence-electron chi connectivity index (χ3n) is 5.60. The number of ether oxygens (including phenoxy) is 1. The van der Waals surface area contributed by atoms with Gasteiger partial charge in [0.2, 0.25) is 15.9 Å². The summed E-state index contributed by atoms with van der Waals surface area (Å²) < 4.78 is 34.4. The first-order chi connectivity index (χ1) is 15.3. The molecule has 4 rings (SSSR count). The number of nitrogens with one attached hydrogen (secondary N) is 1. The fourth-order valence-corrected chi connectivity index (χ4v) is 5.32. The van der Waals surface area contributed by atoms with E-state index in [1.165, 1.54) is 4.31 Å². The zero-order valence-corrected chi connectivity index (χ0v) is 19.5. The highest BCUT2D eigenvalue weighted by molar-refractivity contribution is 7.89. The SMILES string of the molecule is Cc1ccc(Cl)cc1NC(=O)CCc1nc2cc(S(=O)(=O)N3CCOCC3)ccc2n1C. The lowest BCUT2D eigenvalue weighted by atomic mass is 10.2. The summed E-state index contributed by atoms with van der Waals surface area (Å²) >= 11 is 6.02. The molecule has 32 heavy (non-hydrogen) atoms. The lowest BCUT2D eigenvalue weighted by molar-refractivity contribution is -0.116. The number of amides is 1. The first-order valence-corrected chi connectivity index (χ1v) is 12.2. The second-order valence-corrected chi connectivity index (χ2v) is 10.1. The molecule has 1 aromatic heterocycles. The van der Waals surface area contributed by atoms with Crippen molar-refractivity contribution in [3.8, 4) is 0 Å². The molecule has 1 aliphatic heterocycles. The highest BCUT2D eigenvalue weighted by Crippen LogP contribution is 2.24. The maximum atomic E-state index is 12.9. The van der Waals surface area contributed by atoms with Crippen LogP contribution in [0.3, 0.4) is 0 Å². The second-order valence-electron chi connectivity index (χ2n) is 7.76. The summed E-state index contributed by atoms with van der Waals surface area (Å²) in [5.74, 6) is 0.567. The van der Waals surface area contributed by atoms with Crippen LogP contribution in [-0.2, 0) is 33.0 Å². The van der Waals surface area contributed by atoms with E-state index in [9.17, 15) is 13.2 Å². The first kappa shape index (κ1) is 22.7. The normalized spacial score (nSPS) is 15.2. The molecular weight excluding hydrogens is 452 g/mol. The van der Waals surface area contributed by atoms with Crippen LogP contribution in [0.1, 0.15) is 17.8 Å². The van der Waals surface area contributed by atoms with E-state index in [0.29, 0.717) is 54.8 Å². The van der Waals surface area contributed by atoms with Crippen molar-refractivity contribution in [3.63, 3.8) is 0 Å². The molecule has 10 heteroatoms. The van der Waals surface area contributed by atoms with Gasteiger partial charge in [-0.25, -0.2) is 13.4 Å². The minimum Gasteiger partial charge on any atom is -0.379 e. The van der Waals surface area contributed by atoms with Gasteiger partial charge in [0.05, 0.1) is 29.1 Å². The predicted molar refractivity (Wildman–Crippen MR) is 123 cm³/mol. The number of benzene rings is 2. The van der Waals surface area contributed by atoms with Gasteiger partial charge in [-0.2, -0.15) is 4.31 Å². The highest BCUT2D eigenvalue weighted by atomic mass is 35.5. The smallest absolute Gasteiger partial charge is 0.243 e. The minimum atomic E-state index is -3.60. The van der Waals surface area contributed by atoms with Gasteiger partial charge in [-0.3, -0.25) is 4.79 Å². The number of sulfonamides is 1. The third-order valence-corrected chi connectivity index (χ3v) is 7.73. The molecule has 0 saturated carbocycles. The number of hydrogen-bond acceptors (Lipinski definition) is 5. The molecule has 0 bridgehead atoms. The van der Waals surface area contributed by atoms with Crippen LogP contribution in [0.5, 0.6) is 0 Å². The van der Waals surface area contributed by atoms with Gasteiger partial charge in [-0.15, -0.1) is 0 Å². The van der Waals surface area contributed by atoms with Crippen LogP contribution in [0.25, 0.3) is 11.0 Å².